The number of nitro groups is 1. The number of nitrogens with zero attached hydrogens (tertiary/aromatic N) is 3. The van der Waals surface area contributed by atoms with Crippen LogP contribution in [0.1, 0.15) is 19.4 Å². The van der Waals surface area contributed by atoms with Gasteiger partial charge in [0.2, 0.25) is 0 Å². The number of hydrogen-bond acceptors (Lipinski definition) is 6. The van der Waals surface area contributed by atoms with E-state index in [0.29, 0.717) is 10.7 Å². The van der Waals surface area contributed by atoms with Gasteiger partial charge in [-0.15, -0.1) is 0 Å². The standard InChI is InChI=1S/C14H18N4O2S2/c1-14(2)12(21)15-13(16-14)22-8-9-7-10(18(19)20)5-6-11(9)17(3)4/h5-7H,8H2,1-4H3,(H,15,16,21). The fourth-order valence-electron chi connectivity index (χ4n) is 2.03. The van der Waals surface area contributed by atoms with Crippen LogP contribution in [0.5, 0.6) is 0 Å². The van der Waals surface area contributed by atoms with Crippen molar-refractivity contribution in [2.75, 3.05) is 19.0 Å². The summed E-state index contributed by atoms with van der Waals surface area (Å²) in [6.45, 7) is 3.91. The number of hydrogen-bond donors (Lipinski definition) is 1. The van der Waals surface area contributed by atoms with E-state index in [1.807, 2.05) is 32.8 Å². The van der Waals surface area contributed by atoms with Gasteiger partial charge >= 0.3 is 0 Å². The highest BCUT2D eigenvalue weighted by Crippen LogP contribution is 2.29. The van der Waals surface area contributed by atoms with Gasteiger partial charge in [0.15, 0.2) is 5.17 Å². The number of thiocarbonyl (C=S) groups is 1. The molecule has 0 bridgehead atoms. The number of thioether (sulfide) groups is 1. The monoisotopic (exact) mass is 338 g/mol. The Balaban J connectivity index is 2.20. The summed E-state index contributed by atoms with van der Waals surface area (Å²) in [5.41, 5.74) is 1.56. The summed E-state index contributed by atoms with van der Waals surface area (Å²) in [5.74, 6) is 0.583. The van der Waals surface area contributed by atoms with Crippen LogP contribution in [0.15, 0.2) is 23.2 Å². The van der Waals surface area contributed by atoms with Crippen LogP contribution in [0, 0.1) is 10.1 Å². The molecule has 0 saturated heterocycles. The molecule has 22 heavy (non-hydrogen) atoms. The number of nitro benzene ring substituents is 1. The van der Waals surface area contributed by atoms with E-state index in [-0.39, 0.29) is 16.1 Å². The van der Waals surface area contributed by atoms with Crippen molar-refractivity contribution >= 4 is 45.5 Å². The smallest absolute Gasteiger partial charge is 0.269 e. The molecule has 1 aliphatic rings. The van der Waals surface area contributed by atoms with Gasteiger partial charge in [-0.2, -0.15) is 0 Å². The number of aliphatic imine (C=N–C) groups is 1. The molecule has 6 nitrogen and oxygen atoms in total. The first-order valence-electron chi connectivity index (χ1n) is 6.69. The molecule has 0 fully saturated rings. The third-order valence-corrected chi connectivity index (χ3v) is 4.80. The van der Waals surface area contributed by atoms with Crippen LogP contribution in [-0.2, 0) is 5.75 Å². The Morgan fingerprint density at radius 3 is 2.64 bits per heavy atom. The molecule has 8 heteroatoms. The minimum absolute atomic E-state index is 0.0957. The molecule has 1 aromatic carbocycles. The molecule has 0 aliphatic carbocycles. The number of amidine groups is 1. The summed E-state index contributed by atoms with van der Waals surface area (Å²) in [5, 5.41) is 14.8. The molecule has 0 aromatic heterocycles. The lowest BCUT2D eigenvalue weighted by Crippen LogP contribution is -2.32. The van der Waals surface area contributed by atoms with Crippen LogP contribution in [0.3, 0.4) is 0 Å². The van der Waals surface area contributed by atoms with Crippen LogP contribution < -0.4 is 10.2 Å². The van der Waals surface area contributed by atoms with Crippen molar-refractivity contribution in [2.24, 2.45) is 4.99 Å². The first-order valence-corrected chi connectivity index (χ1v) is 8.09. The normalized spacial score (nSPS) is 16.2. The van der Waals surface area contributed by atoms with Crippen molar-refractivity contribution < 1.29 is 4.92 Å². The average Bonchev–Trinajstić information content (AvgIpc) is 2.69. The minimum Gasteiger partial charge on any atom is -0.377 e. The second-order valence-corrected chi connectivity index (χ2v) is 7.06. The Labute approximate surface area is 139 Å². The first-order chi connectivity index (χ1) is 10.2. The predicted octanol–water partition coefficient (Wildman–Crippen LogP) is 2.96. The number of nitrogens with one attached hydrogen (secondary N) is 1. The van der Waals surface area contributed by atoms with Crippen molar-refractivity contribution in [2.45, 2.75) is 25.1 Å². The maximum atomic E-state index is 11.0. The van der Waals surface area contributed by atoms with Crippen molar-refractivity contribution in [1.29, 1.82) is 0 Å². The number of benzene rings is 1. The van der Waals surface area contributed by atoms with Gasteiger partial charge in [-0.25, -0.2) is 4.99 Å². The van der Waals surface area contributed by atoms with E-state index >= 15 is 0 Å². The lowest BCUT2D eigenvalue weighted by atomic mass is 10.1. The Kier molecular flexibility index (Phi) is 4.72. The van der Waals surface area contributed by atoms with Gasteiger partial charge in [-0.3, -0.25) is 10.1 Å². The highest BCUT2D eigenvalue weighted by Gasteiger charge is 2.30. The first kappa shape index (κ1) is 16.7. The van der Waals surface area contributed by atoms with Gasteiger partial charge in [0, 0.05) is 37.7 Å². The zero-order valence-electron chi connectivity index (χ0n) is 12.9. The molecular weight excluding hydrogens is 320 g/mol. The van der Waals surface area contributed by atoms with Gasteiger partial charge in [0.25, 0.3) is 5.69 Å². The Bertz CT molecular complexity index is 656. The predicted molar refractivity (Wildman–Crippen MR) is 96.0 cm³/mol. The average molecular weight is 338 g/mol. The topological polar surface area (TPSA) is 70.8 Å². The molecule has 0 radical (unpaired) electrons. The van der Waals surface area contributed by atoms with E-state index in [4.69, 9.17) is 12.2 Å². The lowest BCUT2D eigenvalue weighted by Gasteiger charge is -2.17. The SMILES string of the molecule is CN(C)c1ccc([N+](=O)[O-])cc1CSC1=NC(C)(C)C(=S)N1. The summed E-state index contributed by atoms with van der Waals surface area (Å²) in [6.07, 6.45) is 0. The van der Waals surface area contributed by atoms with Gasteiger partial charge in [-0.05, 0) is 25.5 Å². The molecule has 1 heterocycles. The Hall–Kier alpha value is -1.67. The zero-order chi connectivity index (χ0) is 16.5. The summed E-state index contributed by atoms with van der Waals surface area (Å²) in [7, 11) is 3.83. The zero-order valence-corrected chi connectivity index (χ0v) is 14.5. The van der Waals surface area contributed by atoms with Crippen LogP contribution >= 0.6 is 24.0 Å². The van der Waals surface area contributed by atoms with Crippen LogP contribution in [0.4, 0.5) is 11.4 Å². The maximum Gasteiger partial charge on any atom is 0.269 e. The largest absolute Gasteiger partial charge is 0.377 e. The van der Waals surface area contributed by atoms with E-state index in [9.17, 15) is 10.1 Å². The number of non-ortho nitro benzene ring substituents is 1. The molecule has 0 spiro atoms. The van der Waals surface area contributed by atoms with E-state index in [1.54, 1.807) is 12.1 Å². The highest BCUT2D eigenvalue weighted by atomic mass is 32.2. The molecule has 2 rings (SSSR count). The Morgan fingerprint density at radius 1 is 1.45 bits per heavy atom. The molecule has 1 aromatic rings. The van der Waals surface area contributed by atoms with Crippen molar-refractivity contribution in [1.82, 2.24) is 5.32 Å². The van der Waals surface area contributed by atoms with E-state index in [2.05, 4.69) is 10.3 Å². The fraction of sp³-hybridized carbons (Fsp3) is 0.429. The molecule has 118 valence electrons. The quantitative estimate of drug-likeness (QED) is 0.517. The van der Waals surface area contributed by atoms with E-state index < -0.39 is 0 Å². The molecule has 0 amide bonds. The molecule has 1 aliphatic heterocycles. The van der Waals surface area contributed by atoms with Gasteiger partial charge in [0.1, 0.15) is 10.5 Å². The molecule has 0 atom stereocenters. The highest BCUT2D eigenvalue weighted by molar-refractivity contribution is 8.13. The van der Waals surface area contributed by atoms with Crippen molar-refractivity contribution in [3.63, 3.8) is 0 Å². The summed E-state index contributed by atoms with van der Waals surface area (Å²) in [6, 6.07) is 4.90. The van der Waals surface area contributed by atoms with Crippen LogP contribution in [0.25, 0.3) is 0 Å². The van der Waals surface area contributed by atoms with Crippen LogP contribution in [-0.4, -0.2) is 34.7 Å². The minimum atomic E-state index is -0.384. The third kappa shape index (κ3) is 3.56. The van der Waals surface area contributed by atoms with E-state index in [1.165, 1.54) is 17.8 Å². The van der Waals surface area contributed by atoms with Crippen LogP contribution in [0.2, 0.25) is 0 Å². The van der Waals surface area contributed by atoms with Crippen molar-refractivity contribution in [3.8, 4) is 0 Å². The second-order valence-electron chi connectivity index (χ2n) is 5.68. The lowest BCUT2D eigenvalue weighted by molar-refractivity contribution is -0.384. The summed E-state index contributed by atoms with van der Waals surface area (Å²) in [4.78, 5) is 17.7. The summed E-state index contributed by atoms with van der Waals surface area (Å²) < 4.78 is 0. The van der Waals surface area contributed by atoms with Gasteiger partial charge in [0.05, 0.1) is 4.92 Å². The molecule has 0 unspecified atom stereocenters. The summed E-state index contributed by atoms with van der Waals surface area (Å²) >= 11 is 6.75. The molecule has 1 N–H and O–H groups in total. The van der Waals surface area contributed by atoms with Crippen molar-refractivity contribution in [3.05, 3.63) is 33.9 Å². The molecule has 0 saturated carbocycles. The van der Waals surface area contributed by atoms with Gasteiger partial charge < -0.3 is 10.2 Å². The number of rotatable bonds is 4. The number of anilines is 1. The Morgan fingerprint density at radius 2 is 2.14 bits per heavy atom. The maximum absolute atomic E-state index is 11.0. The molecular formula is C14H18N4O2S2. The fourth-order valence-corrected chi connectivity index (χ4v) is 3.23. The second kappa shape index (κ2) is 6.21. The third-order valence-electron chi connectivity index (χ3n) is 3.28. The van der Waals surface area contributed by atoms with Gasteiger partial charge in [-0.1, -0.05) is 24.0 Å². The van der Waals surface area contributed by atoms with E-state index in [0.717, 1.165) is 16.4 Å².